The number of ether oxygens (including phenoxy) is 1. The lowest BCUT2D eigenvalue weighted by Gasteiger charge is -2.10. The molecule has 0 atom stereocenters. The van der Waals surface area contributed by atoms with Crippen LogP contribution < -0.4 is 0 Å². The van der Waals surface area contributed by atoms with Crippen molar-refractivity contribution in [3.8, 4) is 0 Å². The van der Waals surface area contributed by atoms with Gasteiger partial charge in [-0.2, -0.15) is 9.61 Å². The van der Waals surface area contributed by atoms with Gasteiger partial charge >= 0.3 is 0 Å². The second kappa shape index (κ2) is 5.77. The molecule has 9 heteroatoms. The Morgan fingerprint density at radius 2 is 1.83 bits per heavy atom. The Morgan fingerprint density at radius 1 is 1.12 bits per heavy atom. The van der Waals surface area contributed by atoms with E-state index < -0.39 is 0 Å². The second-order valence-electron chi connectivity index (χ2n) is 5.29. The Hall–Kier alpha value is -2.65. The van der Waals surface area contributed by atoms with Gasteiger partial charge in [0.2, 0.25) is 4.96 Å². The Bertz CT molecular complexity index is 913. The summed E-state index contributed by atoms with van der Waals surface area (Å²) in [4.78, 5) is 26.7. The van der Waals surface area contributed by atoms with E-state index in [0.29, 0.717) is 39.9 Å². The molecule has 4 rings (SSSR count). The van der Waals surface area contributed by atoms with Crippen molar-refractivity contribution in [2.24, 2.45) is 0 Å². The van der Waals surface area contributed by atoms with Crippen LogP contribution in [0.25, 0.3) is 4.96 Å². The quantitative estimate of drug-likeness (QED) is 0.646. The van der Waals surface area contributed by atoms with Crippen LogP contribution in [0.4, 0.5) is 0 Å². The molecule has 0 spiro atoms. The van der Waals surface area contributed by atoms with Gasteiger partial charge in [0, 0.05) is 13.5 Å². The van der Waals surface area contributed by atoms with Crippen LogP contribution in [0.1, 0.15) is 31.5 Å². The number of nitrogens with zero attached hydrogens (tertiary/aromatic N) is 5. The number of carbonyl (C=O) groups is 2. The normalized spacial score (nSPS) is 14.0. The van der Waals surface area contributed by atoms with E-state index in [-0.39, 0.29) is 18.4 Å². The molecule has 1 aromatic carbocycles. The van der Waals surface area contributed by atoms with Gasteiger partial charge in [0.1, 0.15) is 5.01 Å². The van der Waals surface area contributed by atoms with E-state index in [2.05, 4.69) is 15.3 Å². The van der Waals surface area contributed by atoms with Crippen LogP contribution in [0.15, 0.2) is 24.3 Å². The maximum atomic E-state index is 12.4. The number of carbonyl (C=O) groups excluding carboxylic acids is 2. The summed E-state index contributed by atoms with van der Waals surface area (Å²) in [6.45, 7) is 0.649. The fourth-order valence-electron chi connectivity index (χ4n) is 2.63. The lowest BCUT2D eigenvalue weighted by Crippen LogP contribution is -2.29. The summed E-state index contributed by atoms with van der Waals surface area (Å²) in [5, 5.41) is 13.2. The SMILES string of the molecule is COCCc1nnc2sc(CN3C(=O)c4ccccc4C3=O)nn12. The van der Waals surface area contributed by atoms with Crippen molar-refractivity contribution < 1.29 is 14.3 Å². The fraction of sp³-hybridized carbons (Fsp3) is 0.267. The largest absolute Gasteiger partial charge is 0.384 e. The molecule has 0 aliphatic carbocycles. The van der Waals surface area contributed by atoms with E-state index in [9.17, 15) is 9.59 Å². The molecule has 3 aromatic rings. The average molecular weight is 343 g/mol. The second-order valence-corrected chi connectivity index (χ2v) is 6.33. The van der Waals surface area contributed by atoms with Crippen LogP contribution >= 0.6 is 11.3 Å². The molecule has 3 heterocycles. The molecule has 0 unspecified atom stereocenters. The Balaban J connectivity index is 1.60. The Morgan fingerprint density at radius 3 is 2.50 bits per heavy atom. The van der Waals surface area contributed by atoms with E-state index in [4.69, 9.17) is 4.74 Å². The van der Waals surface area contributed by atoms with Gasteiger partial charge in [-0.05, 0) is 12.1 Å². The van der Waals surface area contributed by atoms with Gasteiger partial charge in [0.05, 0.1) is 24.3 Å². The first-order chi connectivity index (χ1) is 11.7. The van der Waals surface area contributed by atoms with Crippen LogP contribution in [-0.2, 0) is 17.7 Å². The molecule has 0 bridgehead atoms. The van der Waals surface area contributed by atoms with Crippen molar-refractivity contribution in [3.63, 3.8) is 0 Å². The first-order valence-corrected chi connectivity index (χ1v) is 8.15. The third kappa shape index (κ3) is 2.29. The number of rotatable bonds is 5. The smallest absolute Gasteiger partial charge is 0.261 e. The summed E-state index contributed by atoms with van der Waals surface area (Å²) in [6, 6.07) is 6.82. The molecule has 24 heavy (non-hydrogen) atoms. The minimum atomic E-state index is -0.291. The van der Waals surface area contributed by atoms with Crippen LogP contribution in [0, 0.1) is 0 Å². The van der Waals surface area contributed by atoms with Crippen LogP contribution in [-0.4, -0.2) is 50.2 Å². The van der Waals surface area contributed by atoms with Crippen molar-refractivity contribution in [2.45, 2.75) is 13.0 Å². The van der Waals surface area contributed by atoms with Crippen LogP contribution in [0.2, 0.25) is 0 Å². The van der Waals surface area contributed by atoms with E-state index >= 15 is 0 Å². The summed E-state index contributed by atoms with van der Waals surface area (Å²) in [5.74, 6) is 0.110. The summed E-state index contributed by atoms with van der Waals surface area (Å²) >= 11 is 1.31. The number of hydrogen-bond donors (Lipinski definition) is 0. The van der Waals surface area contributed by atoms with Crippen molar-refractivity contribution in [1.82, 2.24) is 24.7 Å². The van der Waals surface area contributed by atoms with Crippen LogP contribution in [0.3, 0.4) is 0 Å². The van der Waals surface area contributed by atoms with Gasteiger partial charge in [0.15, 0.2) is 5.82 Å². The highest BCUT2D eigenvalue weighted by atomic mass is 32.1. The molecule has 0 saturated carbocycles. The van der Waals surface area contributed by atoms with Gasteiger partial charge in [-0.25, -0.2) is 0 Å². The number of methoxy groups -OCH3 is 1. The zero-order chi connectivity index (χ0) is 16.7. The minimum Gasteiger partial charge on any atom is -0.384 e. The molecule has 0 N–H and O–H groups in total. The maximum Gasteiger partial charge on any atom is 0.261 e. The number of imide groups is 1. The molecule has 1 aliphatic heterocycles. The molecule has 0 saturated heterocycles. The Kier molecular flexibility index (Phi) is 3.58. The summed E-state index contributed by atoms with van der Waals surface area (Å²) < 4.78 is 6.68. The van der Waals surface area contributed by atoms with E-state index in [1.54, 1.807) is 35.9 Å². The Labute approximate surface area is 140 Å². The third-order valence-corrected chi connectivity index (χ3v) is 4.68. The molecular formula is C15H13N5O3S. The third-order valence-electron chi connectivity index (χ3n) is 3.80. The summed E-state index contributed by atoms with van der Waals surface area (Å²) in [6.07, 6.45) is 0.591. The monoisotopic (exact) mass is 343 g/mol. The number of fused-ring (bicyclic) bond motifs is 2. The van der Waals surface area contributed by atoms with Gasteiger partial charge in [0.25, 0.3) is 11.8 Å². The highest BCUT2D eigenvalue weighted by Crippen LogP contribution is 2.25. The van der Waals surface area contributed by atoms with Gasteiger partial charge in [-0.15, -0.1) is 10.2 Å². The first kappa shape index (κ1) is 14.9. The van der Waals surface area contributed by atoms with Gasteiger partial charge in [-0.1, -0.05) is 23.5 Å². The van der Waals surface area contributed by atoms with Gasteiger partial charge in [-0.3, -0.25) is 14.5 Å². The predicted molar refractivity (Wildman–Crippen MR) is 84.9 cm³/mol. The zero-order valence-electron chi connectivity index (χ0n) is 12.8. The van der Waals surface area contributed by atoms with Crippen molar-refractivity contribution in [3.05, 3.63) is 46.2 Å². The topological polar surface area (TPSA) is 89.7 Å². The molecule has 1 aliphatic rings. The first-order valence-electron chi connectivity index (χ1n) is 7.33. The van der Waals surface area contributed by atoms with Crippen molar-refractivity contribution >= 4 is 28.1 Å². The fourth-order valence-corrected chi connectivity index (χ4v) is 3.47. The molecule has 2 aromatic heterocycles. The number of benzene rings is 1. The highest BCUT2D eigenvalue weighted by molar-refractivity contribution is 7.16. The number of hydrogen-bond acceptors (Lipinski definition) is 7. The summed E-state index contributed by atoms with van der Waals surface area (Å²) in [7, 11) is 1.62. The average Bonchev–Trinajstić information content (AvgIpc) is 3.23. The van der Waals surface area contributed by atoms with Crippen LogP contribution in [0.5, 0.6) is 0 Å². The molecule has 2 amide bonds. The lowest BCUT2D eigenvalue weighted by atomic mass is 10.1. The van der Waals surface area contributed by atoms with E-state index in [1.165, 1.54) is 16.2 Å². The van der Waals surface area contributed by atoms with Gasteiger partial charge < -0.3 is 4.74 Å². The standard InChI is InChI=1S/C15H13N5O3S/c1-23-7-6-11-16-17-15-20(11)18-12(24-15)8-19-13(21)9-4-2-3-5-10(9)14(19)22/h2-5H,6-8H2,1H3. The maximum absolute atomic E-state index is 12.4. The van der Waals surface area contributed by atoms with E-state index in [0.717, 1.165) is 0 Å². The molecule has 0 radical (unpaired) electrons. The molecule has 122 valence electrons. The molecule has 8 nitrogen and oxygen atoms in total. The molecule has 0 fully saturated rings. The van der Waals surface area contributed by atoms with Crippen molar-refractivity contribution in [1.29, 1.82) is 0 Å². The predicted octanol–water partition coefficient (Wildman–Crippen LogP) is 1.17. The van der Waals surface area contributed by atoms with E-state index in [1.807, 2.05) is 0 Å². The summed E-state index contributed by atoms with van der Waals surface area (Å²) in [5.41, 5.74) is 0.873. The minimum absolute atomic E-state index is 0.129. The number of amides is 2. The highest BCUT2D eigenvalue weighted by Gasteiger charge is 2.35. The zero-order valence-corrected chi connectivity index (χ0v) is 13.6. The number of aromatic nitrogens is 4. The molecular weight excluding hydrogens is 330 g/mol. The van der Waals surface area contributed by atoms with Crippen molar-refractivity contribution in [2.75, 3.05) is 13.7 Å². The lowest BCUT2D eigenvalue weighted by molar-refractivity contribution is 0.0642.